The topological polar surface area (TPSA) is 72.5 Å². The van der Waals surface area contributed by atoms with Crippen molar-refractivity contribution in [2.24, 2.45) is 56.2 Å². The molecule has 0 aromatic rings. The van der Waals surface area contributed by atoms with Gasteiger partial charge in [-0.2, -0.15) is 0 Å². The van der Waals surface area contributed by atoms with E-state index in [2.05, 4.69) is 66.8 Å². The Balaban J connectivity index is 1.58. The lowest BCUT2D eigenvalue weighted by molar-refractivity contribution is -0.196. The number of esters is 1. The summed E-state index contributed by atoms with van der Waals surface area (Å²) in [6, 6.07) is 0. The lowest BCUT2D eigenvalue weighted by Gasteiger charge is -2.71. The van der Waals surface area contributed by atoms with E-state index in [1.54, 1.807) is 7.11 Å². The predicted molar refractivity (Wildman–Crippen MR) is 158 cm³/mol. The summed E-state index contributed by atoms with van der Waals surface area (Å²) in [5.74, 6) is 0.371. The number of hydrogen-bond acceptors (Lipinski definition) is 4. The highest BCUT2D eigenvalue weighted by atomic mass is 16.5. The van der Waals surface area contributed by atoms with Gasteiger partial charge in [0.05, 0.1) is 18.4 Å². The van der Waals surface area contributed by atoms with E-state index in [4.69, 9.17) is 4.74 Å². The molecule has 40 heavy (non-hydrogen) atoms. The van der Waals surface area contributed by atoms with E-state index in [1.165, 1.54) is 5.57 Å². The Kier molecular flexibility index (Phi) is 7.03. The largest absolute Gasteiger partial charge is 0.469 e. The van der Waals surface area contributed by atoms with E-state index >= 15 is 0 Å². The smallest absolute Gasteiger partial charge is 0.312 e. The second-order valence-electron chi connectivity index (χ2n) is 16.5. The van der Waals surface area contributed by atoms with Crippen LogP contribution < -0.4 is 5.32 Å². The molecule has 0 aromatic carbocycles. The summed E-state index contributed by atoms with van der Waals surface area (Å²) in [6.45, 7) is 19.1. The molecule has 5 aliphatic rings. The Hall–Kier alpha value is -1.65. The van der Waals surface area contributed by atoms with Crippen molar-refractivity contribution in [3.63, 3.8) is 0 Å². The van der Waals surface area contributed by atoms with Gasteiger partial charge in [0.25, 0.3) is 0 Å². The Labute approximate surface area is 243 Å². The van der Waals surface area contributed by atoms with Crippen molar-refractivity contribution in [3.8, 4) is 0 Å². The van der Waals surface area contributed by atoms with Gasteiger partial charge >= 0.3 is 5.97 Å². The van der Waals surface area contributed by atoms with E-state index in [-0.39, 0.29) is 51.2 Å². The second kappa shape index (κ2) is 9.43. The third kappa shape index (κ3) is 3.87. The fraction of sp³-hybridized carbons (Fsp3) is 0.857. The zero-order valence-corrected chi connectivity index (χ0v) is 26.8. The summed E-state index contributed by atoms with van der Waals surface area (Å²) in [4.78, 5) is 40.6. The zero-order chi connectivity index (χ0) is 29.5. The molecule has 5 nitrogen and oxygen atoms in total. The number of nitrogens with one attached hydrogen (secondary N) is 1. The number of carbonyl (C=O) groups is 3. The molecule has 5 rings (SSSR count). The van der Waals surface area contributed by atoms with Gasteiger partial charge in [0.2, 0.25) is 5.91 Å². The number of carbonyl (C=O) groups excluding carboxylic acids is 3. The molecular formula is C35H55NO4. The van der Waals surface area contributed by atoms with Gasteiger partial charge in [0.15, 0.2) is 5.78 Å². The van der Waals surface area contributed by atoms with E-state index in [0.29, 0.717) is 18.9 Å². The third-order valence-corrected chi connectivity index (χ3v) is 13.8. The fourth-order valence-corrected chi connectivity index (χ4v) is 11.4. The van der Waals surface area contributed by atoms with Gasteiger partial charge < -0.3 is 10.1 Å². The average molecular weight is 554 g/mol. The minimum absolute atomic E-state index is 0.00706. The van der Waals surface area contributed by atoms with Crippen LogP contribution in [0.4, 0.5) is 0 Å². The van der Waals surface area contributed by atoms with Crippen molar-refractivity contribution in [3.05, 3.63) is 11.6 Å². The van der Waals surface area contributed by atoms with Crippen LogP contribution in [0.3, 0.4) is 0 Å². The summed E-state index contributed by atoms with van der Waals surface area (Å²) in [5, 5.41) is 3.06. The first kappa shape index (κ1) is 29.8. The summed E-state index contributed by atoms with van der Waals surface area (Å²) in [6.07, 6.45) is 12.0. The maximum Gasteiger partial charge on any atom is 0.312 e. The number of hydrogen-bond donors (Lipinski definition) is 1. The summed E-state index contributed by atoms with van der Waals surface area (Å²) >= 11 is 0. The highest BCUT2D eigenvalue weighted by Crippen LogP contribution is 2.75. The molecule has 4 saturated carbocycles. The quantitative estimate of drug-likeness (QED) is 0.226. The maximum atomic E-state index is 13.8. The Morgan fingerprint density at radius 2 is 1.62 bits per heavy atom. The molecule has 0 heterocycles. The molecule has 8 atom stereocenters. The second-order valence-corrected chi connectivity index (χ2v) is 16.5. The Morgan fingerprint density at radius 3 is 2.27 bits per heavy atom. The van der Waals surface area contributed by atoms with Crippen LogP contribution in [0.2, 0.25) is 0 Å². The van der Waals surface area contributed by atoms with Crippen LogP contribution in [0.5, 0.6) is 0 Å². The number of ketones is 1. The minimum Gasteiger partial charge on any atom is -0.469 e. The number of rotatable bonds is 4. The third-order valence-electron chi connectivity index (χ3n) is 13.8. The predicted octanol–water partition coefficient (Wildman–Crippen LogP) is 7.28. The van der Waals surface area contributed by atoms with Crippen LogP contribution in [0.15, 0.2) is 11.6 Å². The van der Waals surface area contributed by atoms with Crippen molar-refractivity contribution in [1.29, 1.82) is 0 Å². The van der Waals surface area contributed by atoms with Crippen LogP contribution in [-0.4, -0.2) is 31.3 Å². The first-order valence-electron chi connectivity index (χ1n) is 16.1. The zero-order valence-electron chi connectivity index (χ0n) is 26.8. The molecule has 4 fully saturated rings. The van der Waals surface area contributed by atoms with E-state index in [1.807, 2.05) is 0 Å². The highest BCUT2D eigenvalue weighted by Gasteiger charge is 2.70. The van der Waals surface area contributed by atoms with Crippen molar-refractivity contribution in [2.75, 3.05) is 13.7 Å². The molecule has 8 unspecified atom stereocenters. The first-order chi connectivity index (χ1) is 18.5. The van der Waals surface area contributed by atoms with Crippen LogP contribution in [0.25, 0.3) is 0 Å². The molecular weight excluding hydrogens is 498 g/mol. The molecule has 0 spiro atoms. The van der Waals surface area contributed by atoms with Crippen LogP contribution in [-0.2, 0) is 19.1 Å². The number of fused-ring (bicyclic) bond motifs is 7. The normalized spacial score (nSPS) is 45.1. The van der Waals surface area contributed by atoms with Crippen molar-refractivity contribution < 1.29 is 19.1 Å². The number of methoxy groups -OCH3 is 1. The van der Waals surface area contributed by atoms with Crippen LogP contribution in [0, 0.1) is 56.2 Å². The molecule has 5 aliphatic carbocycles. The minimum atomic E-state index is -0.569. The van der Waals surface area contributed by atoms with Crippen molar-refractivity contribution >= 4 is 17.7 Å². The van der Waals surface area contributed by atoms with E-state index < -0.39 is 16.7 Å². The number of allylic oxidation sites excluding steroid dienone is 2. The highest BCUT2D eigenvalue weighted by molar-refractivity contribution is 6.04. The molecule has 0 aromatic heterocycles. The standard InChI is InChI=1S/C35H55NO4/c1-10-19-36-28(38)22-20-32(6)25(31(4,5)27(22)37)13-14-34(8)26(32)12-11-23-24-21-30(2,3)15-17-35(24,29(39)40-9)18-16-33(23,34)7/h11,22,24-26H,10,12-21H2,1-9H3,(H,36,38). The lowest BCUT2D eigenvalue weighted by Crippen LogP contribution is -2.66. The van der Waals surface area contributed by atoms with Gasteiger partial charge in [-0.05, 0) is 104 Å². The molecule has 5 heteroatoms. The van der Waals surface area contributed by atoms with Crippen LogP contribution >= 0.6 is 0 Å². The molecule has 0 saturated heterocycles. The average Bonchev–Trinajstić information content (AvgIpc) is 2.89. The molecule has 0 aliphatic heterocycles. The van der Waals surface area contributed by atoms with Gasteiger partial charge in [-0.1, -0.05) is 67.0 Å². The van der Waals surface area contributed by atoms with Gasteiger partial charge in [-0.15, -0.1) is 0 Å². The van der Waals surface area contributed by atoms with E-state index in [9.17, 15) is 14.4 Å². The molecule has 1 N–H and O–H groups in total. The van der Waals surface area contributed by atoms with Gasteiger partial charge in [0, 0.05) is 12.0 Å². The van der Waals surface area contributed by atoms with E-state index in [0.717, 1.165) is 57.8 Å². The number of Topliss-reactive ketones (excluding diaryl/α,β-unsaturated/α-hetero) is 1. The Bertz CT molecular complexity index is 1120. The number of ether oxygens (including phenoxy) is 1. The lowest BCUT2D eigenvalue weighted by atomic mass is 9.33. The summed E-state index contributed by atoms with van der Waals surface area (Å²) < 4.78 is 5.51. The monoisotopic (exact) mass is 553 g/mol. The molecule has 224 valence electrons. The fourth-order valence-electron chi connectivity index (χ4n) is 11.4. The SMILES string of the molecule is CCCNC(=O)C1CC2(C)C(CCC3(C)C2CC=C2C4CC(C)(C)CCC4(C(=O)OC)CCC23C)C(C)(C)C1=O. The molecule has 0 bridgehead atoms. The molecule has 1 amide bonds. The first-order valence-corrected chi connectivity index (χ1v) is 16.1. The van der Waals surface area contributed by atoms with Gasteiger partial charge in [-0.3, -0.25) is 14.4 Å². The van der Waals surface area contributed by atoms with Crippen molar-refractivity contribution in [1.82, 2.24) is 5.32 Å². The Morgan fingerprint density at radius 1 is 0.950 bits per heavy atom. The van der Waals surface area contributed by atoms with Crippen molar-refractivity contribution in [2.45, 2.75) is 120 Å². The van der Waals surface area contributed by atoms with Gasteiger partial charge in [-0.25, -0.2) is 0 Å². The summed E-state index contributed by atoms with van der Waals surface area (Å²) in [5.41, 5.74) is 0.732. The molecule has 0 radical (unpaired) electrons. The number of amides is 1. The maximum absolute atomic E-state index is 13.8. The summed E-state index contributed by atoms with van der Waals surface area (Å²) in [7, 11) is 1.57. The van der Waals surface area contributed by atoms with Gasteiger partial charge in [0.1, 0.15) is 0 Å². The van der Waals surface area contributed by atoms with Crippen LogP contribution in [0.1, 0.15) is 120 Å².